The number of nitrogens with two attached hydrogens (primary N) is 1. The molecule has 1 aliphatic rings. The van der Waals surface area contributed by atoms with Crippen LogP contribution in [0.1, 0.15) is 31.1 Å². The van der Waals surface area contributed by atoms with Gasteiger partial charge in [-0.1, -0.05) is 0 Å². The maximum absolute atomic E-state index is 11.7. The summed E-state index contributed by atoms with van der Waals surface area (Å²) >= 11 is 0. The molecule has 0 saturated carbocycles. The first-order valence-electron chi connectivity index (χ1n) is 6.86. The highest BCUT2D eigenvalue weighted by molar-refractivity contribution is 5.94. The van der Waals surface area contributed by atoms with E-state index in [1.54, 1.807) is 13.0 Å². The number of esters is 1. The molecule has 1 aromatic rings. The van der Waals surface area contributed by atoms with Gasteiger partial charge in [0.05, 0.1) is 6.61 Å². The highest BCUT2D eigenvalue weighted by Gasteiger charge is 2.27. The quantitative estimate of drug-likeness (QED) is 0.804. The lowest BCUT2D eigenvalue weighted by atomic mass is 10.0. The van der Waals surface area contributed by atoms with E-state index in [1.807, 2.05) is 6.07 Å². The molecule has 6 nitrogen and oxygen atoms in total. The van der Waals surface area contributed by atoms with Gasteiger partial charge in [0.2, 0.25) is 0 Å². The number of nitrogen functional groups attached to an aromatic ring is 1. The predicted molar refractivity (Wildman–Crippen MR) is 78.9 cm³/mol. The number of hydrogen-bond donors (Lipinski definition) is 2. The van der Waals surface area contributed by atoms with Crippen LogP contribution >= 0.6 is 0 Å². The summed E-state index contributed by atoms with van der Waals surface area (Å²) in [4.78, 5) is 18.2. The Kier molecular flexibility index (Phi) is 4.13. The number of carbonyl (C=O) groups is 1. The number of anilines is 2. The smallest absolute Gasteiger partial charge is 0.341 e. The Labute approximate surface area is 119 Å². The van der Waals surface area contributed by atoms with E-state index in [4.69, 9.17) is 10.5 Å². The lowest BCUT2D eigenvalue weighted by Gasteiger charge is -2.39. The predicted octanol–water partition coefficient (Wildman–Crippen LogP) is 1.03. The van der Waals surface area contributed by atoms with Crippen molar-refractivity contribution >= 4 is 17.6 Å². The van der Waals surface area contributed by atoms with Gasteiger partial charge in [0.25, 0.3) is 0 Å². The van der Waals surface area contributed by atoms with Crippen LogP contribution in [0.2, 0.25) is 0 Å². The minimum atomic E-state index is -0.426. The number of ether oxygens (including phenoxy) is 1. The molecule has 0 radical (unpaired) electrons. The number of carbonyl (C=O) groups excluding carboxylic acids is 1. The van der Waals surface area contributed by atoms with Crippen LogP contribution in [0.5, 0.6) is 0 Å². The highest BCUT2D eigenvalue weighted by atomic mass is 16.5. The second-order valence-corrected chi connectivity index (χ2v) is 5.55. The number of nitrogens with zero attached hydrogens (tertiary/aromatic N) is 2. The first-order valence-corrected chi connectivity index (χ1v) is 6.86. The molecule has 1 aliphatic heterocycles. The van der Waals surface area contributed by atoms with Gasteiger partial charge in [-0.15, -0.1) is 0 Å². The normalized spacial score (nSPS) is 17.9. The summed E-state index contributed by atoms with van der Waals surface area (Å²) in [5.41, 5.74) is 6.23. The topological polar surface area (TPSA) is 80.5 Å². The van der Waals surface area contributed by atoms with Crippen molar-refractivity contribution in [2.75, 3.05) is 36.9 Å². The largest absolute Gasteiger partial charge is 0.462 e. The molecule has 0 bridgehead atoms. The van der Waals surface area contributed by atoms with Crippen LogP contribution in [0.15, 0.2) is 12.1 Å². The maximum atomic E-state index is 11.7. The summed E-state index contributed by atoms with van der Waals surface area (Å²) in [5.74, 6) is 0.590. The number of rotatable bonds is 3. The Bertz CT molecular complexity index is 502. The summed E-state index contributed by atoms with van der Waals surface area (Å²) in [6.45, 7) is 9.00. The van der Waals surface area contributed by atoms with Crippen LogP contribution in [-0.4, -0.2) is 42.7 Å². The van der Waals surface area contributed by atoms with E-state index in [0.29, 0.717) is 12.2 Å². The first-order chi connectivity index (χ1) is 9.43. The molecule has 110 valence electrons. The average Bonchev–Trinajstić information content (AvgIpc) is 2.37. The zero-order valence-electron chi connectivity index (χ0n) is 12.3. The second kappa shape index (κ2) is 5.66. The molecular weight excluding hydrogens is 256 g/mol. The van der Waals surface area contributed by atoms with E-state index in [-0.39, 0.29) is 11.4 Å². The van der Waals surface area contributed by atoms with Crippen LogP contribution in [0, 0.1) is 0 Å². The molecule has 1 aromatic heterocycles. The second-order valence-electron chi connectivity index (χ2n) is 5.55. The Morgan fingerprint density at radius 3 is 2.90 bits per heavy atom. The molecule has 0 aromatic carbocycles. The van der Waals surface area contributed by atoms with Gasteiger partial charge in [-0.3, -0.25) is 0 Å². The van der Waals surface area contributed by atoms with Crippen LogP contribution in [0.25, 0.3) is 0 Å². The van der Waals surface area contributed by atoms with Gasteiger partial charge in [-0.2, -0.15) is 0 Å². The SMILES string of the molecule is CCOC(=O)c1ccc(N2CCNC(C)(C)C2)nc1N. The van der Waals surface area contributed by atoms with Crippen LogP contribution < -0.4 is 16.0 Å². The minimum Gasteiger partial charge on any atom is -0.462 e. The minimum absolute atomic E-state index is 0.0362. The van der Waals surface area contributed by atoms with Crippen molar-refractivity contribution in [1.29, 1.82) is 0 Å². The summed E-state index contributed by atoms with van der Waals surface area (Å²) in [6, 6.07) is 3.51. The fourth-order valence-electron chi connectivity index (χ4n) is 2.36. The molecule has 0 amide bonds. The Morgan fingerprint density at radius 1 is 1.55 bits per heavy atom. The first kappa shape index (κ1) is 14.6. The van der Waals surface area contributed by atoms with E-state index >= 15 is 0 Å². The summed E-state index contributed by atoms with van der Waals surface area (Å²) in [7, 11) is 0. The molecule has 3 N–H and O–H groups in total. The molecule has 20 heavy (non-hydrogen) atoms. The molecule has 0 atom stereocenters. The van der Waals surface area contributed by atoms with Gasteiger partial charge in [-0.25, -0.2) is 9.78 Å². The van der Waals surface area contributed by atoms with Crippen molar-refractivity contribution < 1.29 is 9.53 Å². The van der Waals surface area contributed by atoms with E-state index in [0.717, 1.165) is 25.5 Å². The third-order valence-corrected chi connectivity index (χ3v) is 3.30. The molecule has 0 spiro atoms. The van der Waals surface area contributed by atoms with Crippen LogP contribution in [0.4, 0.5) is 11.6 Å². The lowest BCUT2D eigenvalue weighted by Crippen LogP contribution is -2.57. The molecule has 1 fully saturated rings. The molecule has 6 heteroatoms. The third-order valence-electron chi connectivity index (χ3n) is 3.30. The van der Waals surface area contributed by atoms with Gasteiger partial charge in [-0.05, 0) is 32.9 Å². The van der Waals surface area contributed by atoms with E-state index in [9.17, 15) is 4.79 Å². The number of piperazine rings is 1. The number of aromatic nitrogens is 1. The summed E-state index contributed by atoms with van der Waals surface area (Å²) in [5, 5.41) is 3.44. The molecular formula is C14H22N4O2. The molecule has 2 heterocycles. The zero-order chi connectivity index (χ0) is 14.8. The summed E-state index contributed by atoms with van der Waals surface area (Å²) < 4.78 is 4.94. The van der Waals surface area contributed by atoms with Gasteiger partial charge in [0.15, 0.2) is 0 Å². The van der Waals surface area contributed by atoms with Crippen molar-refractivity contribution in [3.8, 4) is 0 Å². The number of hydrogen-bond acceptors (Lipinski definition) is 6. The van der Waals surface area contributed by atoms with Crippen molar-refractivity contribution in [3.05, 3.63) is 17.7 Å². The van der Waals surface area contributed by atoms with E-state index in [1.165, 1.54) is 0 Å². The molecule has 0 unspecified atom stereocenters. The molecule has 2 rings (SSSR count). The Hall–Kier alpha value is -1.82. The van der Waals surface area contributed by atoms with Crippen molar-refractivity contribution in [3.63, 3.8) is 0 Å². The zero-order valence-corrected chi connectivity index (χ0v) is 12.3. The Morgan fingerprint density at radius 2 is 2.30 bits per heavy atom. The van der Waals surface area contributed by atoms with Crippen molar-refractivity contribution in [2.45, 2.75) is 26.3 Å². The van der Waals surface area contributed by atoms with E-state index in [2.05, 4.69) is 29.0 Å². The van der Waals surface area contributed by atoms with Gasteiger partial charge in [0.1, 0.15) is 17.2 Å². The average molecular weight is 278 g/mol. The van der Waals surface area contributed by atoms with Crippen LogP contribution in [-0.2, 0) is 4.74 Å². The fourth-order valence-corrected chi connectivity index (χ4v) is 2.36. The number of nitrogens with one attached hydrogen (secondary N) is 1. The highest BCUT2D eigenvalue weighted by Crippen LogP contribution is 2.21. The monoisotopic (exact) mass is 278 g/mol. The standard InChI is InChI=1S/C14H22N4O2/c1-4-20-13(19)10-5-6-11(17-12(10)15)18-8-7-16-14(2,3)9-18/h5-6,16H,4,7-9H2,1-3H3,(H2,15,17). The van der Waals surface area contributed by atoms with Crippen LogP contribution in [0.3, 0.4) is 0 Å². The molecule has 1 saturated heterocycles. The fraction of sp³-hybridized carbons (Fsp3) is 0.571. The van der Waals surface area contributed by atoms with Crippen molar-refractivity contribution in [1.82, 2.24) is 10.3 Å². The van der Waals surface area contributed by atoms with Crippen molar-refractivity contribution in [2.24, 2.45) is 0 Å². The lowest BCUT2D eigenvalue weighted by molar-refractivity contribution is 0.0527. The van der Waals surface area contributed by atoms with E-state index < -0.39 is 5.97 Å². The summed E-state index contributed by atoms with van der Waals surface area (Å²) in [6.07, 6.45) is 0. The van der Waals surface area contributed by atoms with Gasteiger partial charge < -0.3 is 20.7 Å². The van der Waals surface area contributed by atoms with Gasteiger partial charge >= 0.3 is 5.97 Å². The Balaban J connectivity index is 2.18. The van der Waals surface area contributed by atoms with Gasteiger partial charge in [0, 0.05) is 25.2 Å². The third kappa shape index (κ3) is 3.19. The number of pyridine rings is 1. The maximum Gasteiger partial charge on any atom is 0.341 e. The molecule has 0 aliphatic carbocycles.